The van der Waals surface area contributed by atoms with Gasteiger partial charge in [-0.15, -0.1) is 0 Å². The topological polar surface area (TPSA) is 93.0 Å². The van der Waals surface area contributed by atoms with E-state index in [1.165, 1.54) is 24.4 Å². The Morgan fingerprint density at radius 1 is 1.18 bits per heavy atom. The average Bonchev–Trinajstić information content (AvgIpc) is 2.79. The molecular weight excluding hydrogens is 475 g/mol. The lowest BCUT2D eigenvalue weighted by Gasteiger charge is -2.14. The molecule has 1 aromatic heterocycles. The Morgan fingerprint density at radius 2 is 1.91 bits per heavy atom. The summed E-state index contributed by atoms with van der Waals surface area (Å²) in [4.78, 5) is 14.6. The second-order valence-electron chi connectivity index (χ2n) is 6.85. The molecule has 0 fully saturated rings. The molecule has 1 heterocycles. The molecule has 11 heteroatoms. The molecule has 2 aromatic carbocycles. The Balaban J connectivity index is 1.70. The van der Waals surface area contributed by atoms with Crippen molar-refractivity contribution in [2.45, 2.75) is 19.7 Å². The van der Waals surface area contributed by atoms with E-state index < -0.39 is 17.7 Å². The highest BCUT2D eigenvalue weighted by atomic mass is 35.5. The minimum atomic E-state index is -4.47. The largest absolute Gasteiger partial charge is 0.490 e. The highest BCUT2D eigenvalue weighted by molar-refractivity contribution is 6.32. The molecule has 0 atom stereocenters. The number of ether oxygens (including phenoxy) is 2. The summed E-state index contributed by atoms with van der Waals surface area (Å²) in [7, 11) is 0. The van der Waals surface area contributed by atoms with E-state index in [4.69, 9.17) is 26.2 Å². The summed E-state index contributed by atoms with van der Waals surface area (Å²) in [6.07, 6.45) is -2.35. The number of hydrogen-bond acceptors (Lipinski definition) is 6. The van der Waals surface area contributed by atoms with E-state index in [2.05, 4.69) is 15.5 Å². The molecule has 34 heavy (non-hydrogen) atoms. The van der Waals surface area contributed by atoms with Gasteiger partial charge in [0, 0.05) is 6.20 Å². The molecule has 0 saturated heterocycles. The lowest BCUT2D eigenvalue weighted by atomic mass is 10.1. The lowest BCUT2D eigenvalue weighted by molar-refractivity contribution is -0.137. The summed E-state index contributed by atoms with van der Waals surface area (Å²) in [5.41, 5.74) is 3.15. The van der Waals surface area contributed by atoms with Crippen molar-refractivity contribution in [3.63, 3.8) is 0 Å². The zero-order chi connectivity index (χ0) is 24.7. The number of carboxylic acids is 1. The van der Waals surface area contributed by atoms with Crippen LogP contribution in [0.4, 0.5) is 19.0 Å². The fourth-order valence-electron chi connectivity index (χ4n) is 2.77. The highest BCUT2D eigenvalue weighted by Gasteiger charge is 2.30. The number of aromatic carboxylic acids is 1. The molecule has 0 aliphatic heterocycles. The number of pyridine rings is 1. The van der Waals surface area contributed by atoms with Crippen LogP contribution in [0.25, 0.3) is 0 Å². The van der Waals surface area contributed by atoms with Crippen LogP contribution in [-0.2, 0) is 12.8 Å². The summed E-state index contributed by atoms with van der Waals surface area (Å²) >= 11 is 6.38. The third-order valence-electron chi connectivity index (χ3n) is 4.40. The van der Waals surface area contributed by atoms with Gasteiger partial charge in [0.2, 0.25) is 0 Å². The van der Waals surface area contributed by atoms with Gasteiger partial charge in [0.05, 0.1) is 29.0 Å². The van der Waals surface area contributed by atoms with Crippen LogP contribution in [0.5, 0.6) is 11.5 Å². The Hall–Kier alpha value is -3.79. The first-order valence-electron chi connectivity index (χ1n) is 9.91. The van der Waals surface area contributed by atoms with Crippen LogP contribution in [0.3, 0.4) is 0 Å². The third-order valence-corrected chi connectivity index (χ3v) is 4.68. The predicted octanol–water partition coefficient (Wildman–Crippen LogP) is 5.88. The summed E-state index contributed by atoms with van der Waals surface area (Å²) in [6.45, 7) is 2.27. The number of halogens is 4. The van der Waals surface area contributed by atoms with Crippen molar-refractivity contribution in [2.75, 3.05) is 12.0 Å². The molecule has 0 radical (unpaired) electrons. The molecule has 0 aliphatic carbocycles. The van der Waals surface area contributed by atoms with Crippen LogP contribution in [0.2, 0.25) is 5.02 Å². The van der Waals surface area contributed by atoms with E-state index in [0.717, 1.165) is 11.6 Å². The fraction of sp³-hybridized carbons (Fsp3) is 0.174. The van der Waals surface area contributed by atoms with Crippen molar-refractivity contribution in [1.29, 1.82) is 0 Å². The van der Waals surface area contributed by atoms with E-state index in [1.807, 2.05) is 0 Å². The molecular formula is C23H19ClF3N3O4. The minimum absolute atomic E-state index is 0.133. The van der Waals surface area contributed by atoms with Crippen molar-refractivity contribution in [2.24, 2.45) is 5.10 Å². The van der Waals surface area contributed by atoms with Crippen molar-refractivity contribution < 1.29 is 32.5 Å². The van der Waals surface area contributed by atoms with E-state index in [0.29, 0.717) is 29.9 Å². The molecule has 2 N–H and O–H groups in total. The molecule has 0 spiro atoms. The minimum Gasteiger partial charge on any atom is -0.490 e. The number of benzene rings is 2. The van der Waals surface area contributed by atoms with Crippen molar-refractivity contribution in [3.05, 3.63) is 82.0 Å². The van der Waals surface area contributed by atoms with Crippen LogP contribution in [0.15, 0.2) is 59.8 Å². The van der Waals surface area contributed by atoms with Crippen LogP contribution in [0, 0.1) is 0 Å². The maximum atomic E-state index is 12.6. The van der Waals surface area contributed by atoms with E-state index >= 15 is 0 Å². The second-order valence-corrected chi connectivity index (χ2v) is 7.26. The molecule has 3 aromatic rings. The van der Waals surface area contributed by atoms with Gasteiger partial charge < -0.3 is 14.6 Å². The standard InChI is InChI=1S/C23H19ClF3N3O4/c1-2-33-19-10-15(11-29-30-20-8-7-17(12-28-20)23(25,26)27)9-18(24)21(19)34-13-14-3-5-16(6-4-14)22(31)32/h3-12H,2,13H2,1H3,(H,28,30)(H,31,32)/b29-11-. The number of hydrogen-bond donors (Lipinski definition) is 2. The van der Waals surface area contributed by atoms with Crippen molar-refractivity contribution in [1.82, 2.24) is 4.98 Å². The van der Waals surface area contributed by atoms with Crippen LogP contribution in [-0.4, -0.2) is 28.9 Å². The van der Waals surface area contributed by atoms with Gasteiger partial charge in [0.1, 0.15) is 12.4 Å². The molecule has 3 rings (SSSR count). The van der Waals surface area contributed by atoms with Gasteiger partial charge in [0.15, 0.2) is 11.5 Å². The zero-order valence-corrected chi connectivity index (χ0v) is 18.5. The van der Waals surface area contributed by atoms with Gasteiger partial charge in [-0.1, -0.05) is 23.7 Å². The summed E-state index contributed by atoms with van der Waals surface area (Å²) in [5, 5.41) is 13.2. The number of hydrazone groups is 1. The van der Waals surface area contributed by atoms with E-state index in [9.17, 15) is 18.0 Å². The number of aromatic nitrogens is 1. The monoisotopic (exact) mass is 493 g/mol. The Bertz CT molecular complexity index is 1170. The van der Waals surface area contributed by atoms with Crippen LogP contribution in [0.1, 0.15) is 34.0 Å². The van der Waals surface area contributed by atoms with Gasteiger partial charge in [0.25, 0.3) is 0 Å². The van der Waals surface area contributed by atoms with Crippen LogP contribution < -0.4 is 14.9 Å². The molecule has 0 saturated carbocycles. The molecule has 7 nitrogen and oxygen atoms in total. The average molecular weight is 494 g/mol. The Morgan fingerprint density at radius 3 is 2.50 bits per heavy atom. The van der Waals surface area contributed by atoms with Crippen molar-refractivity contribution in [3.8, 4) is 11.5 Å². The number of nitrogens with zero attached hydrogens (tertiary/aromatic N) is 2. The van der Waals surface area contributed by atoms with Crippen LogP contribution >= 0.6 is 11.6 Å². The highest BCUT2D eigenvalue weighted by Crippen LogP contribution is 2.37. The fourth-order valence-corrected chi connectivity index (χ4v) is 3.04. The van der Waals surface area contributed by atoms with Gasteiger partial charge in [-0.05, 0) is 54.4 Å². The third kappa shape index (κ3) is 6.61. The molecule has 0 unspecified atom stereocenters. The predicted molar refractivity (Wildman–Crippen MR) is 121 cm³/mol. The van der Waals surface area contributed by atoms with Gasteiger partial charge in [-0.3, -0.25) is 5.43 Å². The number of rotatable bonds is 9. The van der Waals surface area contributed by atoms with Crippen molar-refractivity contribution >= 4 is 29.6 Å². The van der Waals surface area contributed by atoms with Gasteiger partial charge >= 0.3 is 12.1 Å². The first-order chi connectivity index (χ1) is 16.2. The first-order valence-corrected chi connectivity index (χ1v) is 10.3. The SMILES string of the molecule is CCOc1cc(/C=N\Nc2ccc(C(F)(F)F)cn2)cc(Cl)c1OCc1ccc(C(=O)O)cc1. The normalized spacial score (nSPS) is 11.4. The number of anilines is 1. The van der Waals surface area contributed by atoms with E-state index in [1.54, 1.807) is 31.2 Å². The first kappa shape index (κ1) is 24.8. The molecule has 178 valence electrons. The quantitative estimate of drug-likeness (QED) is 0.286. The zero-order valence-electron chi connectivity index (χ0n) is 17.8. The number of alkyl halides is 3. The lowest BCUT2D eigenvalue weighted by Crippen LogP contribution is -2.05. The maximum Gasteiger partial charge on any atom is 0.417 e. The molecule has 0 bridgehead atoms. The van der Waals surface area contributed by atoms with Gasteiger partial charge in [-0.2, -0.15) is 18.3 Å². The Kier molecular flexibility index (Phi) is 7.95. The maximum absolute atomic E-state index is 12.6. The molecule has 0 amide bonds. The second kappa shape index (κ2) is 10.9. The summed E-state index contributed by atoms with van der Waals surface area (Å²) < 4.78 is 49.3. The molecule has 0 aliphatic rings. The van der Waals surface area contributed by atoms with Gasteiger partial charge in [-0.25, -0.2) is 9.78 Å². The van der Waals surface area contributed by atoms with E-state index in [-0.39, 0.29) is 23.0 Å². The number of carbonyl (C=O) groups is 1. The Labute approximate surface area is 197 Å². The number of nitrogens with one attached hydrogen (secondary N) is 1. The summed E-state index contributed by atoms with van der Waals surface area (Å²) in [5.74, 6) is -0.212. The summed E-state index contributed by atoms with van der Waals surface area (Å²) in [6, 6.07) is 11.5. The number of carboxylic acid groups (broad SMARTS) is 1. The smallest absolute Gasteiger partial charge is 0.417 e.